The van der Waals surface area contributed by atoms with Crippen molar-refractivity contribution in [3.63, 3.8) is 0 Å². The third-order valence-corrected chi connectivity index (χ3v) is 4.58. The first-order valence-corrected chi connectivity index (χ1v) is 10.3. The zero-order valence-electron chi connectivity index (χ0n) is 19.8. The minimum Gasteiger partial charge on any atom is -0.478 e. The maximum atomic E-state index is 10.6. The van der Waals surface area contributed by atoms with Gasteiger partial charge in [-0.3, -0.25) is 0 Å². The fraction of sp³-hybridized carbons (Fsp3) is 0. The fourth-order valence-corrected chi connectivity index (χ4v) is 2.64. The molecule has 15 nitrogen and oxygen atoms in total. The molecule has 0 saturated heterocycles. The van der Waals surface area contributed by atoms with Crippen LogP contribution in [0.2, 0.25) is 0 Å². The van der Waals surface area contributed by atoms with Gasteiger partial charge in [0.05, 0.1) is 38.9 Å². The SMILES string of the molecule is Nc1cc(C(=O)O)ccc1C(=O)O.O=C(O)c1cc(C(=O)O)cc(C(=O)O)c1.O=C(O)c1ccc(C(=O)O)cc1. The molecule has 0 unspecified atom stereocenters. The molecule has 0 bridgehead atoms. The number of hydrogen-bond acceptors (Lipinski definition) is 8. The van der Waals surface area contributed by atoms with E-state index in [1.54, 1.807) is 0 Å². The Labute approximate surface area is 222 Å². The van der Waals surface area contributed by atoms with Crippen LogP contribution in [0.4, 0.5) is 5.69 Å². The number of aromatic carboxylic acids is 7. The zero-order chi connectivity index (χ0) is 30.7. The number of hydrogen-bond donors (Lipinski definition) is 8. The van der Waals surface area contributed by atoms with Crippen LogP contribution < -0.4 is 5.73 Å². The molecule has 3 aromatic carbocycles. The topological polar surface area (TPSA) is 287 Å². The molecular weight excluding hydrogens is 538 g/mol. The highest BCUT2D eigenvalue weighted by Crippen LogP contribution is 2.14. The lowest BCUT2D eigenvalue weighted by Gasteiger charge is -2.00. The van der Waals surface area contributed by atoms with Gasteiger partial charge in [0.15, 0.2) is 0 Å². The molecular formula is C25H19NO14. The highest BCUT2D eigenvalue weighted by molar-refractivity contribution is 5.99. The first-order chi connectivity index (χ1) is 18.5. The van der Waals surface area contributed by atoms with E-state index < -0.39 is 41.8 Å². The Balaban J connectivity index is 0.000000302. The highest BCUT2D eigenvalue weighted by atomic mass is 16.4. The maximum absolute atomic E-state index is 10.6. The lowest BCUT2D eigenvalue weighted by Crippen LogP contribution is -2.07. The fourth-order valence-electron chi connectivity index (χ4n) is 2.64. The molecule has 0 aliphatic carbocycles. The number of carboxylic acid groups (broad SMARTS) is 7. The molecule has 3 rings (SSSR count). The van der Waals surface area contributed by atoms with Crippen LogP contribution in [0.1, 0.15) is 72.5 Å². The van der Waals surface area contributed by atoms with Crippen molar-refractivity contribution in [1.82, 2.24) is 0 Å². The van der Waals surface area contributed by atoms with Gasteiger partial charge in [0.1, 0.15) is 0 Å². The highest BCUT2D eigenvalue weighted by Gasteiger charge is 2.14. The molecule has 0 saturated carbocycles. The lowest BCUT2D eigenvalue weighted by molar-refractivity contribution is 0.0675. The first-order valence-electron chi connectivity index (χ1n) is 10.3. The number of carboxylic acids is 7. The van der Waals surface area contributed by atoms with Crippen molar-refractivity contribution < 1.29 is 69.3 Å². The summed E-state index contributed by atoms with van der Waals surface area (Å²) in [5.41, 5.74) is 4.21. The van der Waals surface area contributed by atoms with Crippen LogP contribution in [0.15, 0.2) is 60.7 Å². The number of nitrogen functional groups attached to an aromatic ring is 1. The van der Waals surface area contributed by atoms with Gasteiger partial charge < -0.3 is 41.5 Å². The molecule has 0 heterocycles. The summed E-state index contributed by atoms with van der Waals surface area (Å²) in [5.74, 6) is -8.56. The number of anilines is 1. The Morgan fingerprint density at radius 3 is 0.875 bits per heavy atom. The van der Waals surface area contributed by atoms with Gasteiger partial charge in [0.2, 0.25) is 0 Å². The van der Waals surface area contributed by atoms with Gasteiger partial charge in [-0.25, -0.2) is 33.6 Å². The molecule has 0 fully saturated rings. The van der Waals surface area contributed by atoms with E-state index in [1.807, 2.05) is 0 Å². The normalized spacial score (nSPS) is 9.50. The molecule has 40 heavy (non-hydrogen) atoms. The first kappa shape index (κ1) is 31.8. The van der Waals surface area contributed by atoms with E-state index in [4.69, 9.17) is 41.5 Å². The molecule has 208 valence electrons. The van der Waals surface area contributed by atoms with Gasteiger partial charge in [-0.15, -0.1) is 0 Å². The van der Waals surface area contributed by atoms with E-state index in [0.717, 1.165) is 24.3 Å². The van der Waals surface area contributed by atoms with Crippen LogP contribution in [-0.2, 0) is 0 Å². The number of benzene rings is 3. The van der Waals surface area contributed by atoms with E-state index in [1.165, 1.54) is 36.4 Å². The van der Waals surface area contributed by atoms with Gasteiger partial charge in [-0.2, -0.15) is 0 Å². The Bertz CT molecular complexity index is 1380. The number of carbonyl (C=O) groups is 7. The van der Waals surface area contributed by atoms with Gasteiger partial charge in [-0.1, -0.05) is 0 Å². The van der Waals surface area contributed by atoms with E-state index in [9.17, 15) is 33.6 Å². The third kappa shape index (κ3) is 9.32. The predicted molar refractivity (Wildman–Crippen MR) is 132 cm³/mol. The van der Waals surface area contributed by atoms with E-state index in [-0.39, 0.29) is 44.6 Å². The van der Waals surface area contributed by atoms with E-state index >= 15 is 0 Å². The minimum absolute atomic E-state index is 0.0255. The second-order valence-corrected chi connectivity index (χ2v) is 7.31. The smallest absolute Gasteiger partial charge is 0.337 e. The summed E-state index contributed by atoms with van der Waals surface area (Å²) >= 11 is 0. The van der Waals surface area contributed by atoms with Crippen LogP contribution in [0.3, 0.4) is 0 Å². The Kier molecular flexibility index (Phi) is 11.0. The van der Waals surface area contributed by atoms with Crippen molar-refractivity contribution in [3.05, 3.63) is 99.6 Å². The average molecular weight is 557 g/mol. The van der Waals surface area contributed by atoms with Gasteiger partial charge >= 0.3 is 41.8 Å². The quantitative estimate of drug-likeness (QED) is 0.194. The summed E-state index contributed by atoms with van der Waals surface area (Å²) in [6.45, 7) is 0. The second-order valence-electron chi connectivity index (χ2n) is 7.31. The molecule has 0 spiro atoms. The van der Waals surface area contributed by atoms with Crippen molar-refractivity contribution in [3.8, 4) is 0 Å². The van der Waals surface area contributed by atoms with Crippen molar-refractivity contribution in [2.75, 3.05) is 5.73 Å². The van der Waals surface area contributed by atoms with Gasteiger partial charge in [0.25, 0.3) is 0 Å². The maximum Gasteiger partial charge on any atom is 0.337 e. The monoisotopic (exact) mass is 557 g/mol. The summed E-state index contributed by atoms with van der Waals surface area (Å²) in [4.78, 5) is 73.3. The zero-order valence-corrected chi connectivity index (χ0v) is 19.8. The van der Waals surface area contributed by atoms with E-state index in [2.05, 4.69) is 0 Å². The Morgan fingerprint density at radius 1 is 0.375 bits per heavy atom. The predicted octanol–water partition coefficient (Wildman–Crippen LogP) is 2.53. The molecule has 0 radical (unpaired) electrons. The summed E-state index contributed by atoms with van der Waals surface area (Å²) in [6.07, 6.45) is 0. The standard InChI is InChI=1S/C9H6O6.C8H7NO4.C8H6O4/c10-7(11)4-1-5(8(12)13)3-6(2-4)9(14)15;9-6-3-4(7(10)11)1-2-5(6)8(12)13;9-7(10)5-1-2-6(4-3-5)8(11)12/h1-3H,(H,10,11)(H,12,13)(H,14,15);1-3H,9H2,(H,10,11)(H,12,13);1-4H,(H,9,10)(H,11,12). The van der Waals surface area contributed by atoms with Gasteiger partial charge in [-0.05, 0) is 60.7 Å². The van der Waals surface area contributed by atoms with Crippen LogP contribution in [0.25, 0.3) is 0 Å². The molecule has 0 atom stereocenters. The van der Waals surface area contributed by atoms with Crippen LogP contribution >= 0.6 is 0 Å². The number of rotatable bonds is 7. The molecule has 0 aliphatic heterocycles. The number of nitrogens with two attached hydrogens (primary N) is 1. The third-order valence-electron chi connectivity index (χ3n) is 4.58. The molecule has 3 aromatic rings. The summed E-state index contributed by atoms with van der Waals surface area (Å²) in [5, 5.41) is 59.9. The second kappa shape index (κ2) is 13.9. The van der Waals surface area contributed by atoms with Crippen molar-refractivity contribution in [2.45, 2.75) is 0 Å². The average Bonchev–Trinajstić information content (AvgIpc) is 2.88. The van der Waals surface area contributed by atoms with E-state index in [0.29, 0.717) is 0 Å². The van der Waals surface area contributed by atoms with Crippen molar-refractivity contribution >= 4 is 47.5 Å². The summed E-state index contributed by atoms with van der Waals surface area (Å²) in [7, 11) is 0. The van der Waals surface area contributed by atoms with Gasteiger partial charge in [0, 0.05) is 5.69 Å². The minimum atomic E-state index is -1.37. The molecule has 15 heteroatoms. The Morgan fingerprint density at radius 2 is 0.650 bits per heavy atom. The summed E-state index contributed by atoms with van der Waals surface area (Å²) < 4.78 is 0. The molecule has 0 aromatic heterocycles. The molecule has 0 aliphatic rings. The molecule has 9 N–H and O–H groups in total. The lowest BCUT2D eigenvalue weighted by atomic mass is 10.1. The summed E-state index contributed by atoms with van der Waals surface area (Å²) in [6, 6.07) is 11.2. The molecule has 0 amide bonds. The largest absolute Gasteiger partial charge is 0.478 e. The van der Waals surface area contributed by atoms with Crippen molar-refractivity contribution in [2.24, 2.45) is 0 Å². The van der Waals surface area contributed by atoms with Crippen LogP contribution in [0, 0.1) is 0 Å². The van der Waals surface area contributed by atoms with Crippen molar-refractivity contribution in [1.29, 1.82) is 0 Å². The van der Waals surface area contributed by atoms with Crippen LogP contribution in [-0.4, -0.2) is 77.5 Å². The van der Waals surface area contributed by atoms with Crippen LogP contribution in [0.5, 0.6) is 0 Å². The Hall–Kier alpha value is -6.25.